The van der Waals surface area contributed by atoms with Gasteiger partial charge in [0.2, 0.25) is 10.0 Å². The van der Waals surface area contributed by atoms with Gasteiger partial charge in [-0.15, -0.1) is 0 Å². The summed E-state index contributed by atoms with van der Waals surface area (Å²) >= 11 is 1.04. The second kappa shape index (κ2) is 7.89. The number of carbonyl (C=O) groups excluding carboxylic acids is 2. The van der Waals surface area contributed by atoms with Gasteiger partial charge in [-0.1, -0.05) is 11.3 Å². The number of anilines is 1. The zero-order chi connectivity index (χ0) is 19.5. The average Bonchev–Trinajstić information content (AvgIpc) is 2.99. The third-order valence-electron chi connectivity index (χ3n) is 3.46. The van der Waals surface area contributed by atoms with E-state index in [1.807, 2.05) is 0 Å². The lowest BCUT2D eigenvalue weighted by atomic mass is 10.2. The van der Waals surface area contributed by atoms with Gasteiger partial charge in [-0.2, -0.15) is 0 Å². The SMILES string of the molecule is Cc1nc(NC(=O)OC(C)(C)C)sc1C(=O)NCCN1CCCS1(=O)=O. The van der Waals surface area contributed by atoms with Gasteiger partial charge in [0.25, 0.3) is 5.91 Å². The Balaban J connectivity index is 1.89. The molecule has 1 saturated heterocycles. The number of nitrogens with zero attached hydrogens (tertiary/aromatic N) is 2. The van der Waals surface area contributed by atoms with Crippen molar-refractivity contribution in [1.29, 1.82) is 0 Å². The Morgan fingerprint density at radius 3 is 2.62 bits per heavy atom. The lowest BCUT2D eigenvalue weighted by molar-refractivity contribution is 0.0635. The maximum atomic E-state index is 12.3. The minimum atomic E-state index is -3.17. The fourth-order valence-electron chi connectivity index (χ4n) is 2.37. The minimum Gasteiger partial charge on any atom is -0.444 e. The molecule has 1 aromatic rings. The first-order chi connectivity index (χ1) is 12.0. The average molecular weight is 405 g/mol. The fourth-order valence-corrected chi connectivity index (χ4v) is 4.77. The van der Waals surface area contributed by atoms with E-state index in [1.54, 1.807) is 27.7 Å². The van der Waals surface area contributed by atoms with Crippen LogP contribution in [0.25, 0.3) is 0 Å². The monoisotopic (exact) mass is 404 g/mol. The maximum absolute atomic E-state index is 12.3. The summed E-state index contributed by atoms with van der Waals surface area (Å²) < 4.78 is 30.0. The molecular weight excluding hydrogens is 380 g/mol. The molecule has 0 aliphatic carbocycles. The largest absolute Gasteiger partial charge is 0.444 e. The fraction of sp³-hybridized carbons (Fsp3) is 0.667. The highest BCUT2D eigenvalue weighted by Crippen LogP contribution is 2.23. The molecule has 0 aromatic carbocycles. The Bertz CT molecular complexity index is 782. The number of thiazole rings is 1. The third-order valence-corrected chi connectivity index (χ3v) is 6.49. The molecule has 0 spiro atoms. The van der Waals surface area contributed by atoms with E-state index in [1.165, 1.54) is 4.31 Å². The van der Waals surface area contributed by atoms with Crippen LogP contribution in [0.4, 0.5) is 9.93 Å². The predicted octanol–water partition coefficient (Wildman–Crippen LogP) is 1.56. The van der Waals surface area contributed by atoms with Crippen molar-refractivity contribution < 1.29 is 22.7 Å². The van der Waals surface area contributed by atoms with Crippen LogP contribution in [-0.2, 0) is 14.8 Å². The van der Waals surface area contributed by atoms with Crippen molar-refractivity contribution in [3.63, 3.8) is 0 Å². The van der Waals surface area contributed by atoms with E-state index in [2.05, 4.69) is 15.6 Å². The van der Waals surface area contributed by atoms with Gasteiger partial charge in [-0.3, -0.25) is 10.1 Å². The van der Waals surface area contributed by atoms with Crippen molar-refractivity contribution in [3.05, 3.63) is 10.6 Å². The number of aryl methyl sites for hydroxylation is 1. The molecule has 146 valence electrons. The lowest BCUT2D eigenvalue weighted by Gasteiger charge is -2.18. The van der Waals surface area contributed by atoms with E-state index in [9.17, 15) is 18.0 Å². The first kappa shape index (κ1) is 20.6. The Kier molecular flexibility index (Phi) is 6.25. The number of rotatable bonds is 5. The predicted molar refractivity (Wildman–Crippen MR) is 99.0 cm³/mol. The van der Waals surface area contributed by atoms with Crippen LogP contribution in [0.15, 0.2) is 0 Å². The Labute approximate surface area is 157 Å². The van der Waals surface area contributed by atoms with Gasteiger partial charge in [0.1, 0.15) is 10.5 Å². The minimum absolute atomic E-state index is 0.161. The highest BCUT2D eigenvalue weighted by atomic mass is 32.2. The number of hydrogen-bond acceptors (Lipinski definition) is 7. The van der Waals surface area contributed by atoms with Gasteiger partial charge >= 0.3 is 6.09 Å². The van der Waals surface area contributed by atoms with Crippen molar-refractivity contribution in [2.24, 2.45) is 0 Å². The van der Waals surface area contributed by atoms with Gasteiger partial charge in [-0.25, -0.2) is 22.5 Å². The smallest absolute Gasteiger partial charge is 0.413 e. The number of aromatic nitrogens is 1. The number of nitrogens with one attached hydrogen (secondary N) is 2. The van der Waals surface area contributed by atoms with Gasteiger partial charge in [0.15, 0.2) is 5.13 Å². The molecule has 0 unspecified atom stereocenters. The van der Waals surface area contributed by atoms with E-state index in [4.69, 9.17) is 4.74 Å². The zero-order valence-electron chi connectivity index (χ0n) is 15.3. The second-order valence-electron chi connectivity index (χ2n) is 6.88. The van der Waals surface area contributed by atoms with E-state index in [0.29, 0.717) is 23.5 Å². The molecule has 2 amide bonds. The zero-order valence-corrected chi connectivity index (χ0v) is 16.9. The molecule has 1 fully saturated rings. The van der Waals surface area contributed by atoms with Crippen LogP contribution < -0.4 is 10.6 Å². The van der Waals surface area contributed by atoms with Crippen LogP contribution in [0.3, 0.4) is 0 Å². The molecule has 2 heterocycles. The van der Waals surface area contributed by atoms with Crippen molar-refractivity contribution in [2.75, 3.05) is 30.7 Å². The summed E-state index contributed by atoms with van der Waals surface area (Å²) in [4.78, 5) is 28.6. The van der Waals surface area contributed by atoms with Crippen LogP contribution in [-0.4, -0.2) is 60.7 Å². The molecular formula is C15H24N4O5S2. The summed E-state index contributed by atoms with van der Waals surface area (Å²) in [7, 11) is -3.17. The molecule has 2 rings (SSSR count). The van der Waals surface area contributed by atoms with Crippen molar-refractivity contribution in [2.45, 2.75) is 39.7 Å². The van der Waals surface area contributed by atoms with Gasteiger partial charge in [-0.05, 0) is 34.1 Å². The quantitative estimate of drug-likeness (QED) is 0.769. The first-order valence-corrected chi connectivity index (χ1v) is 10.6. The number of hydrogen-bond donors (Lipinski definition) is 2. The van der Waals surface area contributed by atoms with Crippen LogP contribution in [0.1, 0.15) is 42.6 Å². The molecule has 26 heavy (non-hydrogen) atoms. The second-order valence-corrected chi connectivity index (χ2v) is 9.97. The van der Waals surface area contributed by atoms with Crippen molar-refractivity contribution >= 4 is 38.5 Å². The topological polar surface area (TPSA) is 118 Å². The summed E-state index contributed by atoms with van der Waals surface area (Å²) in [6.45, 7) is 7.86. The lowest BCUT2D eigenvalue weighted by Crippen LogP contribution is -2.35. The molecule has 0 saturated carbocycles. The molecule has 0 atom stereocenters. The van der Waals surface area contributed by atoms with Crippen LogP contribution in [0, 0.1) is 6.92 Å². The van der Waals surface area contributed by atoms with Crippen LogP contribution >= 0.6 is 11.3 Å². The number of ether oxygens (including phenoxy) is 1. The van der Waals surface area contributed by atoms with Gasteiger partial charge in [0.05, 0.1) is 11.4 Å². The maximum Gasteiger partial charge on any atom is 0.413 e. The first-order valence-electron chi connectivity index (χ1n) is 8.21. The number of amides is 2. The van der Waals surface area contributed by atoms with E-state index < -0.39 is 21.7 Å². The highest BCUT2D eigenvalue weighted by molar-refractivity contribution is 7.89. The summed E-state index contributed by atoms with van der Waals surface area (Å²) in [5, 5.41) is 5.46. The van der Waals surface area contributed by atoms with E-state index in [0.717, 1.165) is 11.3 Å². The molecule has 1 aliphatic heterocycles. The van der Waals surface area contributed by atoms with Gasteiger partial charge in [0, 0.05) is 19.6 Å². The summed E-state index contributed by atoms with van der Waals surface area (Å²) in [5.41, 5.74) is -0.153. The molecule has 1 aliphatic rings. The standard InChI is InChI=1S/C15H24N4O5S2/c1-10-11(25-13(17-10)18-14(21)24-15(2,3)4)12(20)16-6-8-19-7-5-9-26(19,22)23/h5-9H2,1-4H3,(H,16,20)(H,17,18,21). The van der Waals surface area contributed by atoms with Gasteiger partial charge < -0.3 is 10.1 Å². The van der Waals surface area contributed by atoms with Crippen molar-refractivity contribution in [3.8, 4) is 0 Å². The van der Waals surface area contributed by atoms with Crippen LogP contribution in [0.2, 0.25) is 0 Å². The van der Waals surface area contributed by atoms with E-state index >= 15 is 0 Å². The summed E-state index contributed by atoms with van der Waals surface area (Å²) in [6, 6.07) is 0. The number of carbonyl (C=O) groups is 2. The summed E-state index contributed by atoms with van der Waals surface area (Å²) in [6.07, 6.45) is -0.0262. The van der Waals surface area contributed by atoms with Crippen molar-refractivity contribution in [1.82, 2.24) is 14.6 Å². The number of sulfonamides is 1. The molecule has 9 nitrogen and oxygen atoms in total. The molecule has 11 heteroatoms. The molecule has 0 bridgehead atoms. The molecule has 0 radical (unpaired) electrons. The Morgan fingerprint density at radius 1 is 1.35 bits per heavy atom. The third kappa shape index (κ3) is 5.64. The Morgan fingerprint density at radius 2 is 2.04 bits per heavy atom. The Hall–Kier alpha value is -1.72. The van der Waals surface area contributed by atoms with E-state index in [-0.39, 0.29) is 29.9 Å². The van der Waals surface area contributed by atoms with Crippen LogP contribution in [0.5, 0.6) is 0 Å². The summed E-state index contributed by atoms with van der Waals surface area (Å²) in [5.74, 6) is -0.192. The highest BCUT2D eigenvalue weighted by Gasteiger charge is 2.27. The molecule has 2 N–H and O–H groups in total. The molecule has 1 aromatic heterocycles. The normalized spacial score (nSPS) is 17.1.